The summed E-state index contributed by atoms with van der Waals surface area (Å²) in [6.45, 7) is 10.7. The molecule has 0 saturated carbocycles. The number of aryl methyl sites for hydroxylation is 1. The Labute approximate surface area is 285 Å². The molecule has 0 radical (unpaired) electrons. The van der Waals surface area contributed by atoms with Crippen molar-refractivity contribution in [2.24, 2.45) is 0 Å². The van der Waals surface area contributed by atoms with Gasteiger partial charge in [-0.3, -0.25) is 9.88 Å². The Kier molecular flexibility index (Phi) is 9.11. The number of hydrogen-bond donors (Lipinski definition) is 2. The third-order valence-corrected chi connectivity index (χ3v) is 10.4. The Balaban J connectivity index is 1.36. The number of nitriles is 1. The number of piperidine rings is 1. The summed E-state index contributed by atoms with van der Waals surface area (Å²) in [5.41, 5.74) is 5.19. The standard InChI is InChI=1S/C32H31Cl3FN9S/c1-17-31(46-16-39-17)30(25-15-45(43-42-25)20-7-9-44(10-8-20)32(2,3)4)40-19-11-21-28(18(13-37)14-38-29(21)23(34)12-19)41-24-6-5-22(33)26(35)27(24)36/h5-6,11-12,14-16,20,30,40H,7-10H2,1-4H3,(H,38,41). The van der Waals surface area contributed by atoms with Crippen LogP contribution in [0.15, 0.2) is 42.2 Å². The zero-order valence-electron chi connectivity index (χ0n) is 25.6. The van der Waals surface area contributed by atoms with Crippen molar-refractivity contribution in [2.45, 2.75) is 58.2 Å². The molecule has 1 fully saturated rings. The number of hydrogen-bond acceptors (Lipinski definition) is 9. The molecular weight excluding hydrogens is 668 g/mol. The van der Waals surface area contributed by atoms with Crippen LogP contribution in [0.3, 0.4) is 0 Å². The zero-order valence-corrected chi connectivity index (χ0v) is 28.7. The Bertz CT molecular complexity index is 1950. The molecule has 1 saturated heterocycles. The largest absolute Gasteiger partial charge is 0.372 e. The minimum Gasteiger partial charge on any atom is -0.372 e. The van der Waals surface area contributed by atoms with Crippen molar-refractivity contribution in [3.05, 3.63) is 84.9 Å². The molecule has 2 aromatic carbocycles. The van der Waals surface area contributed by atoms with E-state index in [1.54, 1.807) is 11.6 Å². The molecule has 238 valence electrons. The van der Waals surface area contributed by atoms with Gasteiger partial charge in [0.25, 0.3) is 0 Å². The number of halogens is 4. The first-order valence-corrected chi connectivity index (χ1v) is 16.7. The van der Waals surface area contributed by atoms with Crippen LogP contribution in [0.1, 0.15) is 67.5 Å². The highest BCUT2D eigenvalue weighted by Crippen LogP contribution is 2.39. The second kappa shape index (κ2) is 12.9. The van der Waals surface area contributed by atoms with Crippen LogP contribution in [-0.2, 0) is 0 Å². The monoisotopic (exact) mass is 697 g/mol. The summed E-state index contributed by atoms with van der Waals surface area (Å²) in [7, 11) is 0. The number of pyridine rings is 1. The maximum Gasteiger partial charge on any atom is 0.166 e. The summed E-state index contributed by atoms with van der Waals surface area (Å²) in [5.74, 6) is -0.740. The molecule has 0 aliphatic carbocycles. The number of rotatable bonds is 7. The Morgan fingerprint density at radius 1 is 1.11 bits per heavy atom. The predicted octanol–water partition coefficient (Wildman–Crippen LogP) is 8.94. The molecule has 5 aromatic rings. The second-order valence-electron chi connectivity index (χ2n) is 12.3. The van der Waals surface area contributed by atoms with E-state index < -0.39 is 5.82 Å². The maximum absolute atomic E-state index is 15.1. The van der Waals surface area contributed by atoms with Crippen LogP contribution in [0.4, 0.5) is 21.5 Å². The lowest BCUT2D eigenvalue weighted by atomic mass is 9.98. The van der Waals surface area contributed by atoms with Crippen LogP contribution < -0.4 is 10.6 Å². The van der Waals surface area contributed by atoms with E-state index in [0.29, 0.717) is 27.3 Å². The molecule has 0 amide bonds. The number of likely N-dealkylation sites (tertiary alicyclic amines) is 1. The number of fused-ring (bicyclic) bond motifs is 1. The van der Waals surface area contributed by atoms with Crippen molar-refractivity contribution in [1.29, 1.82) is 5.26 Å². The van der Waals surface area contributed by atoms with Gasteiger partial charge >= 0.3 is 0 Å². The summed E-state index contributed by atoms with van der Waals surface area (Å²) in [6, 6.07) is 8.52. The number of anilines is 3. The highest BCUT2D eigenvalue weighted by Gasteiger charge is 2.30. The van der Waals surface area contributed by atoms with Gasteiger partial charge in [0, 0.05) is 35.9 Å². The second-order valence-corrected chi connectivity index (χ2v) is 14.3. The third-order valence-electron chi connectivity index (χ3n) is 8.31. The van der Waals surface area contributed by atoms with E-state index in [4.69, 9.17) is 34.8 Å². The normalized spacial score (nSPS) is 15.2. The minimum absolute atomic E-state index is 0.0518. The molecule has 1 aliphatic rings. The van der Waals surface area contributed by atoms with E-state index >= 15 is 4.39 Å². The molecule has 14 heteroatoms. The van der Waals surface area contributed by atoms with Gasteiger partial charge in [0.05, 0.1) is 65.8 Å². The van der Waals surface area contributed by atoms with E-state index in [0.717, 1.165) is 42.2 Å². The van der Waals surface area contributed by atoms with Crippen molar-refractivity contribution >= 4 is 74.1 Å². The highest BCUT2D eigenvalue weighted by atomic mass is 35.5. The number of nitrogens with zero attached hydrogens (tertiary/aromatic N) is 7. The fraction of sp³-hybridized carbons (Fsp3) is 0.344. The van der Waals surface area contributed by atoms with E-state index in [-0.39, 0.29) is 38.9 Å². The Morgan fingerprint density at radius 3 is 2.54 bits per heavy atom. The average Bonchev–Trinajstić information content (AvgIpc) is 3.69. The quantitative estimate of drug-likeness (QED) is 0.162. The molecule has 4 heterocycles. The van der Waals surface area contributed by atoms with Gasteiger partial charge in [-0.1, -0.05) is 40.0 Å². The number of nitrogens with one attached hydrogen (secondary N) is 2. The van der Waals surface area contributed by atoms with E-state index in [2.05, 4.69) is 62.7 Å². The van der Waals surface area contributed by atoms with Crippen molar-refractivity contribution in [1.82, 2.24) is 29.9 Å². The first-order chi connectivity index (χ1) is 21.9. The molecule has 0 spiro atoms. The lowest BCUT2D eigenvalue weighted by molar-refractivity contribution is 0.0866. The fourth-order valence-electron chi connectivity index (χ4n) is 5.75. The summed E-state index contributed by atoms with van der Waals surface area (Å²) < 4.78 is 17.0. The van der Waals surface area contributed by atoms with Gasteiger partial charge in [0.15, 0.2) is 5.82 Å². The fourth-order valence-corrected chi connectivity index (χ4v) is 7.19. The predicted molar refractivity (Wildman–Crippen MR) is 183 cm³/mol. The van der Waals surface area contributed by atoms with Gasteiger partial charge in [-0.05, 0) is 64.8 Å². The van der Waals surface area contributed by atoms with Crippen molar-refractivity contribution in [2.75, 3.05) is 23.7 Å². The molecule has 1 atom stereocenters. The van der Waals surface area contributed by atoms with Gasteiger partial charge < -0.3 is 10.6 Å². The Hall–Kier alpha value is -3.53. The van der Waals surface area contributed by atoms with E-state index in [1.165, 1.54) is 29.7 Å². The van der Waals surface area contributed by atoms with Crippen molar-refractivity contribution < 1.29 is 4.39 Å². The van der Waals surface area contributed by atoms with Crippen LogP contribution in [0.5, 0.6) is 0 Å². The molecule has 3 aromatic heterocycles. The smallest absolute Gasteiger partial charge is 0.166 e. The van der Waals surface area contributed by atoms with Crippen LogP contribution in [0.25, 0.3) is 10.9 Å². The highest BCUT2D eigenvalue weighted by molar-refractivity contribution is 7.09. The van der Waals surface area contributed by atoms with Gasteiger partial charge in [-0.2, -0.15) is 5.26 Å². The molecule has 2 N–H and O–H groups in total. The lowest BCUT2D eigenvalue weighted by Gasteiger charge is -2.40. The Morgan fingerprint density at radius 2 is 1.87 bits per heavy atom. The number of aromatic nitrogens is 5. The minimum atomic E-state index is -0.740. The third kappa shape index (κ3) is 6.37. The summed E-state index contributed by atoms with van der Waals surface area (Å²) >= 11 is 20.4. The molecule has 1 unspecified atom stereocenters. The molecular formula is C32H31Cl3FN9S. The first-order valence-electron chi connectivity index (χ1n) is 14.7. The van der Waals surface area contributed by atoms with Gasteiger partial charge in [-0.15, -0.1) is 16.4 Å². The van der Waals surface area contributed by atoms with Crippen molar-refractivity contribution in [3.8, 4) is 6.07 Å². The summed E-state index contributed by atoms with van der Waals surface area (Å²) in [5, 5.41) is 26.4. The molecule has 46 heavy (non-hydrogen) atoms. The number of benzene rings is 2. The summed E-state index contributed by atoms with van der Waals surface area (Å²) in [6.07, 6.45) is 5.38. The van der Waals surface area contributed by atoms with Gasteiger partial charge in [0.1, 0.15) is 17.8 Å². The molecule has 6 rings (SSSR count). The first kappa shape index (κ1) is 32.4. The van der Waals surface area contributed by atoms with E-state index in [1.807, 2.05) is 23.9 Å². The molecule has 9 nitrogen and oxygen atoms in total. The van der Waals surface area contributed by atoms with Crippen LogP contribution in [0.2, 0.25) is 15.1 Å². The van der Waals surface area contributed by atoms with Crippen LogP contribution in [-0.4, -0.2) is 48.5 Å². The SMILES string of the molecule is Cc1ncsc1C(Nc1cc(Cl)c2ncc(C#N)c(Nc3ccc(Cl)c(Cl)c3F)c2c1)c1cn(C2CCN(C(C)(C)C)CC2)nn1. The zero-order chi connectivity index (χ0) is 32.7. The van der Waals surface area contributed by atoms with Crippen LogP contribution in [0, 0.1) is 24.1 Å². The lowest BCUT2D eigenvalue weighted by Crippen LogP contribution is -2.46. The molecule has 1 aliphatic heterocycles. The maximum atomic E-state index is 15.1. The van der Waals surface area contributed by atoms with Gasteiger partial charge in [0.2, 0.25) is 0 Å². The summed E-state index contributed by atoms with van der Waals surface area (Å²) in [4.78, 5) is 12.4. The van der Waals surface area contributed by atoms with E-state index in [9.17, 15) is 5.26 Å². The topological polar surface area (TPSA) is 108 Å². The van der Waals surface area contributed by atoms with Crippen molar-refractivity contribution in [3.63, 3.8) is 0 Å². The van der Waals surface area contributed by atoms with Gasteiger partial charge in [-0.25, -0.2) is 14.1 Å². The molecule has 0 bridgehead atoms. The number of thiazole rings is 1. The van der Waals surface area contributed by atoms with Crippen LogP contribution >= 0.6 is 46.1 Å². The average molecular weight is 699 g/mol.